The second-order valence-electron chi connectivity index (χ2n) is 3.09. The van der Waals surface area contributed by atoms with Crippen LogP contribution in [-0.4, -0.2) is 36.5 Å². The average Bonchev–Trinajstić information content (AvgIpc) is 2.69. The molecule has 0 radical (unpaired) electrons. The summed E-state index contributed by atoms with van der Waals surface area (Å²) in [7, 11) is 0. The molecule has 14 heavy (non-hydrogen) atoms. The Hall–Kier alpha value is -0.840. The maximum Gasteiger partial charge on any atom is 0.0697 e. The summed E-state index contributed by atoms with van der Waals surface area (Å²) in [5.74, 6) is 0. The fraction of sp³-hybridized carbons (Fsp3) is 0.600. The van der Waals surface area contributed by atoms with Crippen molar-refractivity contribution in [2.75, 3.05) is 26.4 Å². The molecule has 0 amide bonds. The standard InChI is InChI=1S/C10H18N2O2/c13-5-7-14-6-1-3-11-8-10-2-4-12-9-10/h2,4,9,11-13H,1,3,5-8H2. The number of ether oxygens (including phenoxy) is 1. The van der Waals surface area contributed by atoms with Gasteiger partial charge in [0.1, 0.15) is 0 Å². The number of aromatic amines is 1. The molecule has 0 aliphatic heterocycles. The minimum Gasteiger partial charge on any atom is -0.394 e. The number of hydrogen-bond acceptors (Lipinski definition) is 3. The van der Waals surface area contributed by atoms with Crippen molar-refractivity contribution < 1.29 is 9.84 Å². The van der Waals surface area contributed by atoms with Crippen molar-refractivity contribution in [3.8, 4) is 0 Å². The van der Waals surface area contributed by atoms with Gasteiger partial charge in [-0.3, -0.25) is 0 Å². The molecular formula is C10H18N2O2. The molecule has 0 aromatic carbocycles. The van der Waals surface area contributed by atoms with Gasteiger partial charge in [0.15, 0.2) is 0 Å². The first-order chi connectivity index (χ1) is 6.93. The van der Waals surface area contributed by atoms with E-state index in [0.29, 0.717) is 13.2 Å². The number of rotatable bonds is 8. The predicted octanol–water partition coefficient (Wildman–Crippen LogP) is 0.503. The number of hydrogen-bond donors (Lipinski definition) is 3. The van der Waals surface area contributed by atoms with Crippen LogP contribution >= 0.6 is 0 Å². The van der Waals surface area contributed by atoms with E-state index in [1.54, 1.807) is 0 Å². The van der Waals surface area contributed by atoms with Gasteiger partial charge in [-0.15, -0.1) is 0 Å². The van der Waals surface area contributed by atoms with E-state index in [1.165, 1.54) is 5.56 Å². The molecule has 0 bridgehead atoms. The van der Waals surface area contributed by atoms with Crippen molar-refractivity contribution in [1.82, 2.24) is 10.3 Å². The molecule has 4 heteroatoms. The summed E-state index contributed by atoms with van der Waals surface area (Å²) in [5.41, 5.74) is 1.27. The third-order valence-electron chi connectivity index (χ3n) is 1.87. The summed E-state index contributed by atoms with van der Waals surface area (Å²) in [5, 5.41) is 11.8. The number of nitrogens with one attached hydrogen (secondary N) is 2. The van der Waals surface area contributed by atoms with E-state index in [9.17, 15) is 0 Å². The summed E-state index contributed by atoms with van der Waals surface area (Å²) in [6, 6.07) is 2.05. The van der Waals surface area contributed by atoms with E-state index >= 15 is 0 Å². The van der Waals surface area contributed by atoms with Crippen molar-refractivity contribution in [2.45, 2.75) is 13.0 Å². The summed E-state index contributed by atoms with van der Waals surface area (Å²) in [6.45, 7) is 3.09. The zero-order valence-corrected chi connectivity index (χ0v) is 8.33. The fourth-order valence-electron chi connectivity index (χ4n) is 1.17. The highest BCUT2D eigenvalue weighted by Gasteiger charge is 1.92. The molecule has 3 N–H and O–H groups in total. The number of aliphatic hydroxyl groups excluding tert-OH is 1. The van der Waals surface area contributed by atoms with Crippen LogP contribution in [0.2, 0.25) is 0 Å². The van der Waals surface area contributed by atoms with Gasteiger partial charge in [0, 0.05) is 25.5 Å². The van der Waals surface area contributed by atoms with Crippen LogP contribution in [0.1, 0.15) is 12.0 Å². The fourth-order valence-corrected chi connectivity index (χ4v) is 1.17. The van der Waals surface area contributed by atoms with Crippen LogP contribution in [0.3, 0.4) is 0 Å². The smallest absolute Gasteiger partial charge is 0.0697 e. The molecule has 0 saturated carbocycles. The molecule has 0 spiro atoms. The first kappa shape index (κ1) is 11.2. The van der Waals surface area contributed by atoms with E-state index in [0.717, 1.165) is 19.5 Å². The lowest BCUT2D eigenvalue weighted by molar-refractivity contribution is 0.0907. The molecule has 0 aliphatic carbocycles. The quantitative estimate of drug-likeness (QED) is 0.533. The molecule has 0 fully saturated rings. The molecule has 0 saturated heterocycles. The van der Waals surface area contributed by atoms with Crippen molar-refractivity contribution >= 4 is 0 Å². The zero-order chi connectivity index (χ0) is 10.1. The zero-order valence-electron chi connectivity index (χ0n) is 8.33. The Labute approximate surface area is 84.3 Å². The Balaban J connectivity index is 1.85. The number of aliphatic hydroxyl groups is 1. The summed E-state index contributed by atoms with van der Waals surface area (Å²) in [6.07, 6.45) is 4.88. The van der Waals surface area contributed by atoms with Crippen LogP contribution in [0, 0.1) is 0 Å². The summed E-state index contributed by atoms with van der Waals surface area (Å²) in [4.78, 5) is 3.01. The van der Waals surface area contributed by atoms with Crippen molar-refractivity contribution in [2.24, 2.45) is 0 Å². The Kier molecular flexibility index (Phi) is 6.06. The third-order valence-corrected chi connectivity index (χ3v) is 1.87. The van der Waals surface area contributed by atoms with Crippen LogP contribution in [0.15, 0.2) is 18.5 Å². The lowest BCUT2D eigenvalue weighted by atomic mass is 10.3. The Morgan fingerprint density at radius 2 is 2.36 bits per heavy atom. The van der Waals surface area contributed by atoms with E-state index in [-0.39, 0.29) is 6.61 Å². The molecule has 1 aromatic rings. The van der Waals surface area contributed by atoms with Crippen molar-refractivity contribution in [3.05, 3.63) is 24.0 Å². The van der Waals surface area contributed by atoms with Crippen LogP contribution in [0.5, 0.6) is 0 Å². The minimum absolute atomic E-state index is 0.108. The maximum atomic E-state index is 8.45. The molecular weight excluding hydrogens is 180 g/mol. The van der Waals surface area contributed by atoms with Gasteiger partial charge in [0.25, 0.3) is 0 Å². The highest BCUT2D eigenvalue weighted by Crippen LogP contribution is 1.94. The lowest BCUT2D eigenvalue weighted by Crippen LogP contribution is -2.16. The SMILES string of the molecule is OCCOCCCNCc1cc[nH]c1. The minimum atomic E-state index is 0.108. The average molecular weight is 198 g/mol. The number of H-pyrrole nitrogens is 1. The van der Waals surface area contributed by atoms with Gasteiger partial charge in [-0.2, -0.15) is 0 Å². The topological polar surface area (TPSA) is 57.3 Å². The van der Waals surface area contributed by atoms with Gasteiger partial charge in [-0.1, -0.05) is 0 Å². The monoisotopic (exact) mass is 198 g/mol. The van der Waals surface area contributed by atoms with Crippen molar-refractivity contribution in [3.63, 3.8) is 0 Å². The lowest BCUT2D eigenvalue weighted by Gasteiger charge is -2.03. The van der Waals surface area contributed by atoms with Gasteiger partial charge < -0.3 is 20.1 Å². The molecule has 0 atom stereocenters. The van der Waals surface area contributed by atoms with Crippen molar-refractivity contribution in [1.29, 1.82) is 0 Å². The van der Waals surface area contributed by atoms with E-state index in [2.05, 4.69) is 16.4 Å². The molecule has 1 aromatic heterocycles. The first-order valence-electron chi connectivity index (χ1n) is 4.94. The van der Waals surface area contributed by atoms with Gasteiger partial charge in [0.2, 0.25) is 0 Å². The van der Waals surface area contributed by atoms with Crippen LogP contribution in [0.25, 0.3) is 0 Å². The maximum absolute atomic E-state index is 8.45. The molecule has 80 valence electrons. The largest absolute Gasteiger partial charge is 0.394 e. The first-order valence-corrected chi connectivity index (χ1v) is 4.94. The van der Waals surface area contributed by atoms with Crippen LogP contribution in [0.4, 0.5) is 0 Å². The molecule has 1 rings (SSSR count). The Morgan fingerprint density at radius 1 is 1.43 bits per heavy atom. The van der Waals surface area contributed by atoms with Gasteiger partial charge >= 0.3 is 0 Å². The summed E-state index contributed by atoms with van der Waals surface area (Å²) < 4.78 is 5.12. The molecule has 1 heterocycles. The van der Waals surface area contributed by atoms with Crippen LogP contribution in [-0.2, 0) is 11.3 Å². The van der Waals surface area contributed by atoms with Crippen LogP contribution < -0.4 is 5.32 Å². The third kappa shape index (κ3) is 5.01. The van der Waals surface area contributed by atoms with Gasteiger partial charge in [-0.05, 0) is 24.6 Å². The molecule has 0 unspecified atom stereocenters. The van der Waals surface area contributed by atoms with E-state index in [4.69, 9.17) is 9.84 Å². The second kappa shape index (κ2) is 7.55. The highest BCUT2D eigenvalue weighted by molar-refractivity contribution is 5.07. The normalized spacial score (nSPS) is 10.6. The predicted molar refractivity (Wildman–Crippen MR) is 55.0 cm³/mol. The highest BCUT2D eigenvalue weighted by atomic mass is 16.5. The Morgan fingerprint density at radius 3 is 3.07 bits per heavy atom. The van der Waals surface area contributed by atoms with E-state index in [1.807, 2.05) is 12.4 Å². The van der Waals surface area contributed by atoms with Gasteiger partial charge in [0.05, 0.1) is 13.2 Å². The van der Waals surface area contributed by atoms with E-state index < -0.39 is 0 Å². The summed E-state index contributed by atoms with van der Waals surface area (Å²) >= 11 is 0. The second-order valence-corrected chi connectivity index (χ2v) is 3.09. The Bertz CT molecular complexity index is 212. The molecule has 0 aliphatic rings. The van der Waals surface area contributed by atoms with Gasteiger partial charge in [-0.25, -0.2) is 0 Å². The molecule has 4 nitrogen and oxygen atoms in total. The number of aromatic nitrogens is 1.